The molecule has 0 saturated heterocycles. The Labute approximate surface area is 191 Å². The number of benzene rings is 1. The van der Waals surface area contributed by atoms with E-state index in [1.807, 2.05) is 0 Å². The first-order valence-corrected chi connectivity index (χ1v) is 11.4. The SMILES string of the molecule is CNC(=O)c1ccc(Nc2ncc(C(F)(F)F)c(N3Cc4nccnc4N3S(C)(=O)=O)n2)cc1. The lowest BCUT2D eigenvalue weighted by Crippen LogP contribution is -2.43. The number of carbonyl (C=O) groups is 1. The Hall–Kier alpha value is -4.01. The van der Waals surface area contributed by atoms with Gasteiger partial charge in [-0.1, -0.05) is 0 Å². The van der Waals surface area contributed by atoms with Gasteiger partial charge < -0.3 is 10.6 Å². The molecule has 0 fully saturated rings. The third-order valence-electron chi connectivity index (χ3n) is 4.71. The molecule has 0 atom stereocenters. The molecule has 0 saturated carbocycles. The van der Waals surface area contributed by atoms with Crippen LogP contribution >= 0.6 is 0 Å². The second-order valence-corrected chi connectivity index (χ2v) is 8.91. The van der Waals surface area contributed by atoms with Crippen molar-refractivity contribution in [3.05, 3.63) is 59.7 Å². The molecule has 0 aliphatic carbocycles. The first-order chi connectivity index (χ1) is 16.0. The van der Waals surface area contributed by atoms with Crippen molar-refractivity contribution in [3.63, 3.8) is 0 Å². The fraction of sp³-hybridized carbons (Fsp3) is 0.211. The van der Waals surface area contributed by atoms with Crippen LogP contribution in [0.3, 0.4) is 0 Å². The maximum atomic E-state index is 13.8. The molecule has 2 N–H and O–H groups in total. The number of hydrogen-bond acceptors (Lipinski definition) is 9. The molecule has 3 heterocycles. The summed E-state index contributed by atoms with van der Waals surface area (Å²) >= 11 is 0. The largest absolute Gasteiger partial charge is 0.421 e. The highest BCUT2D eigenvalue weighted by Gasteiger charge is 2.43. The summed E-state index contributed by atoms with van der Waals surface area (Å²) in [4.78, 5) is 27.4. The fourth-order valence-corrected chi connectivity index (χ4v) is 4.22. The average Bonchev–Trinajstić information content (AvgIpc) is 3.18. The summed E-state index contributed by atoms with van der Waals surface area (Å²) in [7, 11) is -2.61. The van der Waals surface area contributed by atoms with Gasteiger partial charge in [0.1, 0.15) is 11.3 Å². The predicted octanol–water partition coefficient (Wildman–Crippen LogP) is 2.09. The number of rotatable bonds is 5. The predicted molar refractivity (Wildman–Crippen MR) is 116 cm³/mol. The summed E-state index contributed by atoms with van der Waals surface area (Å²) in [5.74, 6) is -1.34. The van der Waals surface area contributed by atoms with Crippen molar-refractivity contribution in [1.29, 1.82) is 0 Å². The highest BCUT2D eigenvalue weighted by atomic mass is 32.2. The average molecular weight is 494 g/mol. The van der Waals surface area contributed by atoms with Gasteiger partial charge in [0, 0.05) is 36.9 Å². The van der Waals surface area contributed by atoms with E-state index < -0.39 is 27.6 Å². The number of aromatic nitrogens is 4. The number of nitrogens with one attached hydrogen (secondary N) is 2. The molecule has 0 bridgehead atoms. The zero-order valence-electron chi connectivity index (χ0n) is 17.7. The van der Waals surface area contributed by atoms with Crippen LogP contribution in [0, 0.1) is 0 Å². The quantitative estimate of drug-likeness (QED) is 0.547. The van der Waals surface area contributed by atoms with E-state index in [1.165, 1.54) is 43.7 Å². The van der Waals surface area contributed by atoms with Crippen molar-refractivity contribution in [1.82, 2.24) is 25.3 Å². The molecule has 1 aliphatic heterocycles. The van der Waals surface area contributed by atoms with Gasteiger partial charge in [0.05, 0.1) is 12.8 Å². The van der Waals surface area contributed by atoms with Gasteiger partial charge in [0.2, 0.25) is 5.95 Å². The molecule has 34 heavy (non-hydrogen) atoms. The molecule has 2 aromatic heterocycles. The number of anilines is 4. The Balaban J connectivity index is 1.76. The number of hydrogen-bond donors (Lipinski definition) is 2. The van der Waals surface area contributed by atoms with E-state index in [0.29, 0.717) is 21.9 Å². The Morgan fingerprint density at radius 3 is 2.35 bits per heavy atom. The Morgan fingerprint density at radius 1 is 1.06 bits per heavy atom. The highest BCUT2D eigenvalue weighted by molar-refractivity contribution is 7.92. The second-order valence-electron chi connectivity index (χ2n) is 7.10. The van der Waals surface area contributed by atoms with E-state index in [-0.39, 0.29) is 29.9 Å². The van der Waals surface area contributed by atoms with E-state index >= 15 is 0 Å². The van der Waals surface area contributed by atoms with Crippen LogP contribution in [0.15, 0.2) is 42.9 Å². The molecule has 1 aliphatic rings. The van der Waals surface area contributed by atoms with Crippen LogP contribution < -0.4 is 20.1 Å². The highest BCUT2D eigenvalue weighted by Crippen LogP contribution is 2.40. The summed E-state index contributed by atoms with van der Waals surface area (Å²) in [6.45, 7) is -0.309. The van der Waals surface area contributed by atoms with Crippen molar-refractivity contribution in [2.75, 3.05) is 28.0 Å². The Kier molecular flexibility index (Phi) is 5.72. The molecule has 15 heteroatoms. The smallest absolute Gasteiger partial charge is 0.355 e. The minimum absolute atomic E-state index is 0.115. The maximum Gasteiger partial charge on any atom is 0.421 e. The first kappa shape index (κ1) is 23.2. The minimum Gasteiger partial charge on any atom is -0.355 e. The molecule has 0 spiro atoms. The van der Waals surface area contributed by atoms with Crippen LogP contribution in [-0.4, -0.2) is 47.6 Å². The van der Waals surface area contributed by atoms with Crippen LogP contribution in [-0.2, 0) is 22.7 Å². The van der Waals surface area contributed by atoms with E-state index in [0.717, 1.165) is 11.3 Å². The molecule has 1 aromatic carbocycles. The van der Waals surface area contributed by atoms with Crippen LogP contribution in [0.1, 0.15) is 21.6 Å². The minimum atomic E-state index is -4.87. The van der Waals surface area contributed by atoms with Crippen molar-refractivity contribution in [2.24, 2.45) is 0 Å². The molecule has 1 amide bonds. The third-order valence-corrected chi connectivity index (χ3v) is 5.71. The second kappa shape index (κ2) is 8.40. The molecule has 4 rings (SSSR count). The number of carbonyl (C=O) groups excluding carboxylic acids is 1. The van der Waals surface area contributed by atoms with Crippen molar-refractivity contribution in [3.8, 4) is 0 Å². The molecule has 11 nitrogen and oxygen atoms in total. The lowest BCUT2D eigenvalue weighted by Gasteiger charge is -2.29. The van der Waals surface area contributed by atoms with E-state index in [2.05, 4.69) is 30.6 Å². The number of sulfonamides is 1. The van der Waals surface area contributed by atoms with Gasteiger partial charge in [-0.2, -0.15) is 22.6 Å². The Morgan fingerprint density at radius 2 is 1.74 bits per heavy atom. The van der Waals surface area contributed by atoms with E-state index in [1.54, 1.807) is 0 Å². The maximum absolute atomic E-state index is 13.8. The zero-order valence-corrected chi connectivity index (χ0v) is 18.5. The van der Waals surface area contributed by atoms with Gasteiger partial charge in [-0.15, -0.1) is 0 Å². The van der Waals surface area contributed by atoms with Gasteiger partial charge in [-0.05, 0) is 24.3 Å². The molecule has 3 aromatic rings. The molecular weight excluding hydrogens is 477 g/mol. The van der Waals surface area contributed by atoms with Crippen molar-refractivity contribution < 1.29 is 26.4 Å². The van der Waals surface area contributed by atoms with Crippen molar-refractivity contribution in [2.45, 2.75) is 12.7 Å². The molecule has 0 radical (unpaired) electrons. The lowest BCUT2D eigenvalue weighted by atomic mass is 10.2. The zero-order chi connectivity index (χ0) is 24.7. The topological polar surface area (TPSA) is 133 Å². The summed E-state index contributed by atoms with van der Waals surface area (Å²) in [5.41, 5.74) is -0.305. The number of halogens is 3. The van der Waals surface area contributed by atoms with E-state index in [4.69, 9.17) is 0 Å². The number of amides is 1. The van der Waals surface area contributed by atoms with Crippen LogP contribution in [0.2, 0.25) is 0 Å². The lowest BCUT2D eigenvalue weighted by molar-refractivity contribution is -0.137. The standard InChI is InChI=1S/C19H17F3N8O3S/c1-23-17(31)11-3-5-12(6-4-11)27-18-26-9-13(19(20,21)22)15(28-18)29-10-14-16(25-8-7-24-14)30(29)34(2,32)33/h3-9H,10H2,1-2H3,(H,23,31)(H,26,27,28). The normalized spacial score (nSPS) is 13.6. The van der Waals surface area contributed by atoms with Gasteiger partial charge in [0.25, 0.3) is 15.9 Å². The van der Waals surface area contributed by atoms with E-state index in [9.17, 15) is 26.4 Å². The van der Waals surface area contributed by atoms with Crippen molar-refractivity contribution >= 4 is 39.2 Å². The third kappa shape index (κ3) is 4.41. The Bertz CT molecular complexity index is 1350. The number of fused-ring (bicyclic) bond motifs is 1. The van der Waals surface area contributed by atoms with Crippen LogP contribution in [0.25, 0.3) is 0 Å². The van der Waals surface area contributed by atoms with Crippen LogP contribution in [0.5, 0.6) is 0 Å². The summed E-state index contributed by atoms with van der Waals surface area (Å²) in [5, 5.41) is 6.07. The van der Waals surface area contributed by atoms with Gasteiger partial charge in [-0.3, -0.25) is 9.78 Å². The van der Waals surface area contributed by atoms with Gasteiger partial charge >= 0.3 is 6.18 Å². The summed E-state index contributed by atoms with van der Waals surface area (Å²) in [6, 6.07) is 6.05. The fourth-order valence-electron chi connectivity index (χ4n) is 3.26. The van der Waals surface area contributed by atoms with Crippen LogP contribution in [0.4, 0.5) is 36.4 Å². The summed E-state index contributed by atoms with van der Waals surface area (Å²) < 4.78 is 67.0. The number of alkyl halides is 3. The first-order valence-electron chi connectivity index (χ1n) is 9.60. The monoisotopic (exact) mass is 494 g/mol. The summed E-state index contributed by atoms with van der Waals surface area (Å²) in [6.07, 6.45) is -0.926. The molecular formula is C19H17F3N8O3S. The number of nitrogens with zero attached hydrogens (tertiary/aromatic N) is 6. The number of hydrazine groups is 1. The van der Waals surface area contributed by atoms with Gasteiger partial charge in [-0.25, -0.2) is 23.4 Å². The molecule has 0 unspecified atom stereocenters. The molecule has 178 valence electrons. The van der Waals surface area contributed by atoms with Gasteiger partial charge in [0.15, 0.2) is 11.6 Å².